The van der Waals surface area contributed by atoms with E-state index in [9.17, 15) is 0 Å². The third kappa shape index (κ3) is 5.64. The first kappa shape index (κ1) is 14.4. The second kappa shape index (κ2) is 8.20. The highest BCUT2D eigenvalue weighted by molar-refractivity contribution is 7.16. The van der Waals surface area contributed by atoms with Crippen LogP contribution in [0.25, 0.3) is 0 Å². The minimum absolute atomic E-state index is 0.752. The highest BCUT2D eigenvalue weighted by Gasteiger charge is 1.97. The molecule has 102 valence electrons. The monoisotopic (exact) mass is 295 g/mol. The van der Waals surface area contributed by atoms with Gasteiger partial charge < -0.3 is 10.1 Å². The number of thiophene rings is 1. The molecule has 19 heavy (non-hydrogen) atoms. The summed E-state index contributed by atoms with van der Waals surface area (Å²) in [4.78, 5) is 1.33. The fourth-order valence-electron chi connectivity index (χ4n) is 1.73. The zero-order valence-corrected chi connectivity index (χ0v) is 12.3. The third-order valence-electron chi connectivity index (χ3n) is 2.69. The van der Waals surface area contributed by atoms with E-state index in [1.165, 1.54) is 4.88 Å². The summed E-state index contributed by atoms with van der Waals surface area (Å²) < 4.78 is 6.49. The molecule has 0 saturated heterocycles. The fourth-order valence-corrected chi connectivity index (χ4v) is 2.81. The molecule has 1 aromatic carbocycles. The first-order chi connectivity index (χ1) is 9.34. The van der Waals surface area contributed by atoms with E-state index in [0.29, 0.717) is 0 Å². The predicted molar refractivity (Wildman–Crippen MR) is 82.5 cm³/mol. The molecule has 1 heterocycles. The molecule has 4 heteroatoms. The smallest absolute Gasteiger partial charge is 0.119 e. The molecule has 0 spiro atoms. The minimum Gasteiger partial charge on any atom is -0.494 e. The number of nitrogens with one attached hydrogen (secondary N) is 1. The van der Waals surface area contributed by atoms with Crippen molar-refractivity contribution in [3.05, 3.63) is 51.7 Å². The van der Waals surface area contributed by atoms with Gasteiger partial charge in [-0.15, -0.1) is 11.3 Å². The number of hydrogen-bond donors (Lipinski definition) is 1. The fraction of sp³-hybridized carbons (Fsp3) is 0.333. The minimum atomic E-state index is 0.752. The largest absolute Gasteiger partial charge is 0.494 e. The van der Waals surface area contributed by atoms with Crippen LogP contribution in [-0.4, -0.2) is 19.7 Å². The lowest BCUT2D eigenvalue weighted by Gasteiger charge is -2.06. The van der Waals surface area contributed by atoms with Gasteiger partial charge in [0.05, 0.1) is 10.9 Å². The molecule has 0 aliphatic rings. The quantitative estimate of drug-likeness (QED) is 0.743. The van der Waals surface area contributed by atoms with E-state index in [-0.39, 0.29) is 0 Å². The van der Waals surface area contributed by atoms with Gasteiger partial charge in [0.25, 0.3) is 0 Å². The van der Waals surface area contributed by atoms with Crippen molar-refractivity contribution in [1.82, 2.24) is 5.32 Å². The molecule has 0 fully saturated rings. The summed E-state index contributed by atoms with van der Waals surface area (Å²) in [6.07, 6.45) is 2.05. The van der Waals surface area contributed by atoms with Crippen molar-refractivity contribution < 1.29 is 4.74 Å². The Balaban J connectivity index is 1.48. The van der Waals surface area contributed by atoms with Crippen LogP contribution in [0.5, 0.6) is 5.75 Å². The van der Waals surface area contributed by atoms with E-state index >= 15 is 0 Å². The van der Waals surface area contributed by atoms with Crippen LogP contribution in [0.4, 0.5) is 0 Å². The van der Waals surface area contributed by atoms with E-state index in [2.05, 4.69) is 11.4 Å². The van der Waals surface area contributed by atoms with E-state index in [4.69, 9.17) is 16.3 Å². The van der Waals surface area contributed by atoms with Crippen molar-refractivity contribution in [2.45, 2.75) is 12.8 Å². The topological polar surface area (TPSA) is 21.3 Å². The van der Waals surface area contributed by atoms with Gasteiger partial charge >= 0.3 is 0 Å². The molecule has 0 bridgehead atoms. The molecule has 0 unspecified atom stereocenters. The maximum Gasteiger partial charge on any atom is 0.119 e. The van der Waals surface area contributed by atoms with Crippen LogP contribution in [0.3, 0.4) is 0 Å². The maximum atomic E-state index is 5.88. The summed E-state index contributed by atoms with van der Waals surface area (Å²) >= 11 is 7.54. The lowest BCUT2D eigenvalue weighted by molar-refractivity contribution is 0.308. The lowest BCUT2D eigenvalue weighted by atomic mass is 10.3. The zero-order chi connectivity index (χ0) is 13.3. The first-order valence-corrected chi connectivity index (χ1v) is 7.67. The Morgan fingerprint density at radius 3 is 2.63 bits per heavy atom. The molecule has 0 aliphatic carbocycles. The summed E-state index contributed by atoms with van der Waals surface area (Å²) in [6, 6.07) is 14.0. The summed E-state index contributed by atoms with van der Waals surface area (Å²) in [5.74, 6) is 0.940. The van der Waals surface area contributed by atoms with Crippen LogP contribution in [-0.2, 0) is 6.42 Å². The number of ether oxygens (including phenoxy) is 1. The number of para-hydroxylation sites is 1. The van der Waals surface area contributed by atoms with Gasteiger partial charge in [0.1, 0.15) is 5.75 Å². The predicted octanol–water partition coefficient (Wildman–Crippen LogP) is 4.00. The molecule has 0 saturated carbocycles. The van der Waals surface area contributed by atoms with Crippen LogP contribution < -0.4 is 10.1 Å². The van der Waals surface area contributed by atoms with Crippen molar-refractivity contribution >= 4 is 22.9 Å². The number of benzene rings is 1. The molecule has 2 rings (SSSR count). The van der Waals surface area contributed by atoms with Gasteiger partial charge in [-0.25, -0.2) is 0 Å². The Morgan fingerprint density at radius 2 is 1.89 bits per heavy atom. The van der Waals surface area contributed by atoms with Gasteiger partial charge in [-0.1, -0.05) is 29.8 Å². The van der Waals surface area contributed by atoms with E-state index in [1.54, 1.807) is 11.3 Å². The Kier molecular flexibility index (Phi) is 6.21. The van der Waals surface area contributed by atoms with E-state index < -0.39 is 0 Å². The molecular weight excluding hydrogens is 278 g/mol. The molecule has 0 atom stereocenters. The van der Waals surface area contributed by atoms with E-state index in [1.807, 2.05) is 36.4 Å². The van der Waals surface area contributed by atoms with Gasteiger partial charge in [-0.3, -0.25) is 0 Å². The average Bonchev–Trinajstić information content (AvgIpc) is 2.85. The Hall–Kier alpha value is -1.03. The molecule has 1 N–H and O–H groups in total. The molecule has 2 nitrogen and oxygen atoms in total. The average molecular weight is 296 g/mol. The second-order valence-electron chi connectivity index (χ2n) is 4.22. The SMILES string of the molecule is Clc1ccc(CCNCCCOc2ccccc2)s1. The normalized spacial score (nSPS) is 10.6. The van der Waals surface area contributed by atoms with Gasteiger partial charge in [-0.05, 0) is 50.2 Å². The van der Waals surface area contributed by atoms with Crippen LogP contribution in [0, 0.1) is 0 Å². The van der Waals surface area contributed by atoms with Gasteiger partial charge in [0.15, 0.2) is 0 Å². The molecule has 1 aromatic heterocycles. The van der Waals surface area contributed by atoms with Crippen LogP contribution in [0.15, 0.2) is 42.5 Å². The van der Waals surface area contributed by atoms with Gasteiger partial charge in [0, 0.05) is 4.88 Å². The molecule has 0 amide bonds. The maximum absolute atomic E-state index is 5.88. The zero-order valence-electron chi connectivity index (χ0n) is 10.8. The molecule has 0 aliphatic heterocycles. The van der Waals surface area contributed by atoms with Gasteiger partial charge in [0.2, 0.25) is 0 Å². The van der Waals surface area contributed by atoms with Crippen molar-refractivity contribution in [2.75, 3.05) is 19.7 Å². The number of hydrogen-bond acceptors (Lipinski definition) is 3. The Labute approximate surface area is 123 Å². The van der Waals surface area contributed by atoms with Crippen LogP contribution in [0.2, 0.25) is 4.34 Å². The highest BCUT2D eigenvalue weighted by Crippen LogP contribution is 2.21. The second-order valence-corrected chi connectivity index (χ2v) is 6.02. The van der Waals surface area contributed by atoms with Gasteiger partial charge in [-0.2, -0.15) is 0 Å². The molecular formula is C15H18ClNOS. The number of rotatable bonds is 8. The van der Waals surface area contributed by atoms with Crippen LogP contribution in [0.1, 0.15) is 11.3 Å². The van der Waals surface area contributed by atoms with Crippen molar-refractivity contribution in [3.63, 3.8) is 0 Å². The molecule has 2 aromatic rings. The first-order valence-electron chi connectivity index (χ1n) is 6.47. The number of halogens is 1. The lowest BCUT2D eigenvalue weighted by Crippen LogP contribution is -2.19. The van der Waals surface area contributed by atoms with Crippen LogP contribution >= 0.6 is 22.9 Å². The summed E-state index contributed by atoms with van der Waals surface area (Å²) in [5, 5.41) is 3.41. The summed E-state index contributed by atoms with van der Waals surface area (Å²) in [5.41, 5.74) is 0. The van der Waals surface area contributed by atoms with Crippen molar-refractivity contribution in [3.8, 4) is 5.75 Å². The highest BCUT2D eigenvalue weighted by atomic mass is 35.5. The van der Waals surface area contributed by atoms with E-state index in [0.717, 1.165) is 42.6 Å². The third-order valence-corrected chi connectivity index (χ3v) is 3.98. The van der Waals surface area contributed by atoms with Crippen molar-refractivity contribution in [2.24, 2.45) is 0 Å². The van der Waals surface area contributed by atoms with Crippen molar-refractivity contribution in [1.29, 1.82) is 0 Å². The Bertz CT molecular complexity index is 472. The Morgan fingerprint density at radius 1 is 1.05 bits per heavy atom. The standard InChI is InChI=1S/C15H18ClNOS/c16-15-8-7-14(19-15)9-11-17-10-4-12-18-13-5-2-1-3-6-13/h1-3,5-8,17H,4,9-12H2. The summed E-state index contributed by atoms with van der Waals surface area (Å²) in [6.45, 7) is 2.72. The summed E-state index contributed by atoms with van der Waals surface area (Å²) in [7, 11) is 0. The molecule has 0 radical (unpaired) electrons.